The van der Waals surface area contributed by atoms with Gasteiger partial charge in [-0.05, 0) is 83.5 Å². The zero-order chi connectivity index (χ0) is 42.1. The topological polar surface area (TPSA) is 111 Å². The number of quaternary nitrogens is 1. The quantitative estimate of drug-likeness (QED) is 0.0203. The predicted molar refractivity (Wildman–Crippen MR) is 232 cm³/mol. The van der Waals surface area contributed by atoms with Crippen LogP contribution in [0, 0.1) is 0 Å². The molecule has 0 amide bonds. The van der Waals surface area contributed by atoms with Crippen LogP contribution in [-0.2, 0) is 33.3 Å². The van der Waals surface area contributed by atoms with E-state index in [0.717, 1.165) is 77.0 Å². The molecule has 0 rings (SSSR count). The van der Waals surface area contributed by atoms with Crippen molar-refractivity contribution in [1.82, 2.24) is 0 Å². The highest BCUT2D eigenvalue weighted by Gasteiger charge is 2.21. The van der Waals surface area contributed by atoms with Gasteiger partial charge >= 0.3 is 11.9 Å². The maximum Gasteiger partial charge on any atom is 0.306 e. The van der Waals surface area contributed by atoms with Crippen molar-refractivity contribution in [3.63, 3.8) is 0 Å². The van der Waals surface area contributed by atoms with Crippen LogP contribution in [0.5, 0.6) is 0 Å². The normalized spacial score (nSPS) is 14.1. The first-order chi connectivity index (χ1) is 27.6. The molecule has 0 saturated carbocycles. The molecule has 0 spiro atoms. The van der Waals surface area contributed by atoms with E-state index in [4.69, 9.17) is 18.9 Å². The standard InChI is InChI=1S/C48H75NO8/c1-6-8-10-12-14-16-18-20-21-22-23-24-25-27-29-31-33-35-37-39-46(51)57-44(43-56-48(47(52)53)54-41-40-49(3,4)5)42-55-45(50)38-36-34-32-30-28-26-19-17-15-13-11-9-7-2/h8-11,14-17,20-21,23-24,26-29,32,34,44,48H,6-7,12-13,18-19,22,25,30-31,33,35-43H2,1-5H3/b10-8-,11-9-,16-14-,17-15-,21-20-,24-23-,28-26-,29-27-,34-32-. The lowest BCUT2D eigenvalue weighted by Gasteiger charge is -2.26. The van der Waals surface area contributed by atoms with Crippen LogP contribution in [0.15, 0.2) is 109 Å². The summed E-state index contributed by atoms with van der Waals surface area (Å²) in [5, 5.41) is 11.7. The molecule has 0 aromatic heterocycles. The van der Waals surface area contributed by atoms with Gasteiger partial charge in [0, 0.05) is 12.8 Å². The summed E-state index contributed by atoms with van der Waals surface area (Å²) in [4.78, 5) is 36.9. The van der Waals surface area contributed by atoms with Gasteiger partial charge in [-0.15, -0.1) is 0 Å². The fraction of sp³-hybridized carbons (Fsp3) is 0.562. The van der Waals surface area contributed by atoms with Crippen LogP contribution in [0.1, 0.15) is 117 Å². The summed E-state index contributed by atoms with van der Waals surface area (Å²) < 4.78 is 22.4. The highest BCUT2D eigenvalue weighted by Crippen LogP contribution is 2.09. The van der Waals surface area contributed by atoms with Crippen LogP contribution < -0.4 is 5.11 Å². The zero-order valence-electron chi connectivity index (χ0n) is 35.9. The second-order valence-corrected chi connectivity index (χ2v) is 14.5. The molecule has 0 heterocycles. The molecule has 2 unspecified atom stereocenters. The van der Waals surface area contributed by atoms with Crippen molar-refractivity contribution in [3.05, 3.63) is 109 Å². The molecular weight excluding hydrogens is 719 g/mol. The lowest BCUT2D eigenvalue weighted by atomic mass is 10.1. The molecule has 0 aromatic rings. The van der Waals surface area contributed by atoms with Crippen LogP contribution in [0.3, 0.4) is 0 Å². The molecule has 0 aliphatic rings. The zero-order valence-corrected chi connectivity index (χ0v) is 35.9. The largest absolute Gasteiger partial charge is 0.545 e. The first-order valence-electron chi connectivity index (χ1n) is 21.0. The van der Waals surface area contributed by atoms with Crippen molar-refractivity contribution in [2.45, 2.75) is 129 Å². The highest BCUT2D eigenvalue weighted by molar-refractivity contribution is 5.70. The Kier molecular flexibility index (Phi) is 36.0. The molecule has 0 saturated heterocycles. The van der Waals surface area contributed by atoms with Crippen molar-refractivity contribution in [3.8, 4) is 0 Å². The Morgan fingerprint density at radius 2 is 0.982 bits per heavy atom. The van der Waals surface area contributed by atoms with Crippen LogP contribution in [0.25, 0.3) is 0 Å². The van der Waals surface area contributed by atoms with E-state index in [1.54, 1.807) is 0 Å². The Morgan fingerprint density at radius 3 is 1.44 bits per heavy atom. The lowest BCUT2D eigenvalue weighted by molar-refractivity contribution is -0.870. The molecule has 9 nitrogen and oxygen atoms in total. The average molecular weight is 794 g/mol. The minimum Gasteiger partial charge on any atom is -0.545 e. The Balaban J connectivity index is 4.66. The van der Waals surface area contributed by atoms with Gasteiger partial charge in [-0.1, -0.05) is 130 Å². The van der Waals surface area contributed by atoms with E-state index in [0.29, 0.717) is 23.9 Å². The van der Waals surface area contributed by atoms with Gasteiger partial charge in [-0.25, -0.2) is 0 Å². The number of rotatable bonds is 36. The smallest absolute Gasteiger partial charge is 0.306 e. The number of allylic oxidation sites excluding steroid dienone is 18. The third-order valence-electron chi connectivity index (χ3n) is 8.03. The number of ether oxygens (including phenoxy) is 4. The number of likely N-dealkylation sites (N-methyl/N-ethyl adjacent to an activating group) is 1. The summed E-state index contributed by atoms with van der Waals surface area (Å²) in [5.41, 5.74) is 0. The highest BCUT2D eigenvalue weighted by atomic mass is 16.7. The Hall–Kier alpha value is -4.05. The lowest BCUT2D eigenvalue weighted by Crippen LogP contribution is -2.44. The van der Waals surface area contributed by atoms with Gasteiger partial charge in [0.1, 0.15) is 13.2 Å². The van der Waals surface area contributed by atoms with E-state index >= 15 is 0 Å². The van der Waals surface area contributed by atoms with Gasteiger partial charge in [0.25, 0.3) is 0 Å². The van der Waals surface area contributed by atoms with Crippen molar-refractivity contribution in [2.75, 3.05) is 47.5 Å². The minimum atomic E-state index is -1.65. The van der Waals surface area contributed by atoms with Crippen LogP contribution in [0.4, 0.5) is 0 Å². The van der Waals surface area contributed by atoms with Gasteiger partial charge in [-0.2, -0.15) is 0 Å². The summed E-state index contributed by atoms with van der Waals surface area (Å²) in [6.07, 6.45) is 48.6. The first-order valence-corrected chi connectivity index (χ1v) is 21.0. The molecule has 57 heavy (non-hydrogen) atoms. The number of esters is 2. The summed E-state index contributed by atoms with van der Waals surface area (Å²) in [5.74, 6) is -2.46. The number of carbonyl (C=O) groups is 3. The fourth-order valence-corrected chi connectivity index (χ4v) is 4.81. The van der Waals surface area contributed by atoms with E-state index in [2.05, 4.69) is 111 Å². The van der Waals surface area contributed by atoms with E-state index in [9.17, 15) is 19.5 Å². The fourth-order valence-electron chi connectivity index (χ4n) is 4.81. The number of hydrogen-bond donors (Lipinski definition) is 0. The molecular formula is C48H75NO8. The Labute approximate surface area is 345 Å². The summed E-state index contributed by atoms with van der Waals surface area (Å²) in [6, 6.07) is 0. The van der Waals surface area contributed by atoms with Crippen molar-refractivity contribution in [2.24, 2.45) is 0 Å². The summed E-state index contributed by atoms with van der Waals surface area (Å²) >= 11 is 0. The number of nitrogens with zero attached hydrogens (tertiary/aromatic N) is 1. The second kappa shape index (κ2) is 38.8. The minimum absolute atomic E-state index is 0.124. The molecule has 0 aliphatic heterocycles. The molecule has 0 N–H and O–H groups in total. The Morgan fingerprint density at radius 1 is 0.526 bits per heavy atom. The number of hydrogen-bond acceptors (Lipinski definition) is 8. The third kappa shape index (κ3) is 40.0. The maximum absolute atomic E-state index is 12.7. The van der Waals surface area contributed by atoms with Crippen LogP contribution in [0.2, 0.25) is 0 Å². The van der Waals surface area contributed by atoms with E-state index < -0.39 is 30.3 Å². The van der Waals surface area contributed by atoms with Gasteiger partial charge in [0.2, 0.25) is 0 Å². The molecule has 9 heteroatoms. The van der Waals surface area contributed by atoms with Gasteiger partial charge in [-0.3, -0.25) is 9.59 Å². The van der Waals surface area contributed by atoms with Gasteiger partial charge < -0.3 is 33.3 Å². The monoisotopic (exact) mass is 794 g/mol. The van der Waals surface area contributed by atoms with Crippen molar-refractivity contribution >= 4 is 17.9 Å². The van der Waals surface area contributed by atoms with E-state index in [1.165, 1.54) is 0 Å². The van der Waals surface area contributed by atoms with Crippen molar-refractivity contribution < 1.29 is 42.9 Å². The molecule has 0 radical (unpaired) electrons. The number of carboxylic acid groups (broad SMARTS) is 1. The van der Waals surface area contributed by atoms with Crippen LogP contribution >= 0.6 is 0 Å². The maximum atomic E-state index is 12.7. The number of carboxylic acids is 1. The van der Waals surface area contributed by atoms with E-state index in [-0.39, 0.29) is 32.7 Å². The average Bonchev–Trinajstić information content (AvgIpc) is 3.17. The van der Waals surface area contributed by atoms with Gasteiger partial charge in [0.05, 0.1) is 40.3 Å². The molecule has 320 valence electrons. The van der Waals surface area contributed by atoms with Gasteiger partial charge in [0.15, 0.2) is 12.4 Å². The number of carbonyl (C=O) groups excluding carboxylic acids is 3. The molecule has 0 aliphatic carbocycles. The van der Waals surface area contributed by atoms with Crippen LogP contribution in [-0.4, -0.2) is 82.3 Å². The molecule has 0 aromatic carbocycles. The molecule has 2 atom stereocenters. The second-order valence-electron chi connectivity index (χ2n) is 14.5. The third-order valence-corrected chi connectivity index (χ3v) is 8.03. The number of unbranched alkanes of at least 4 members (excludes halogenated alkanes) is 3. The summed E-state index contributed by atoms with van der Waals surface area (Å²) in [6.45, 7) is 4.33. The first kappa shape index (κ1) is 53.0. The molecule has 0 bridgehead atoms. The SMILES string of the molecule is CC/C=C\C/C=C\C/C=C\C/C=C\C/C=C\CCCCCC(=O)OC(COC(=O)CC/C=C\C/C=C\C/C=C\C/C=C\CC)COC(OCC[N+](C)(C)C)C(=O)[O-]. The van der Waals surface area contributed by atoms with Crippen molar-refractivity contribution in [1.29, 1.82) is 0 Å². The summed E-state index contributed by atoms with van der Waals surface area (Å²) in [7, 11) is 5.86. The molecule has 0 fully saturated rings. The van der Waals surface area contributed by atoms with E-state index in [1.807, 2.05) is 33.3 Å². The number of aliphatic carboxylic acids is 1. The Bertz CT molecular complexity index is 1300. The predicted octanol–water partition coefficient (Wildman–Crippen LogP) is 9.54.